The Balaban J connectivity index is 1.98. The van der Waals surface area contributed by atoms with Gasteiger partial charge >= 0.3 is 0 Å². The third-order valence-electron chi connectivity index (χ3n) is 4.88. The molecule has 3 aromatic carbocycles. The minimum absolute atomic E-state index is 0.0668. The molecule has 0 radical (unpaired) electrons. The summed E-state index contributed by atoms with van der Waals surface area (Å²) in [4.78, 5) is 23.3. The second kappa shape index (κ2) is 9.61. The summed E-state index contributed by atoms with van der Waals surface area (Å²) in [7, 11) is -4.05. The molecule has 3 aromatic rings. The number of carbonyl (C=O) groups excluding carboxylic acids is 1. The number of nitrogens with one attached hydrogen (secondary N) is 1. The van der Waals surface area contributed by atoms with Gasteiger partial charge < -0.3 is 5.32 Å². The van der Waals surface area contributed by atoms with Crippen molar-refractivity contribution < 1.29 is 18.1 Å². The van der Waals surface area contributed by atoms with Gasteiger partial charge in [-0.05, 0) is 43.2 Å². The summed E-state index contributed by atoms with van der Waals surface area (Å²) >= 11 is 0. The molecule has 9 heteroatoms. The first-order chi connectivity index (χ1) is 15.2. The second-order valence-corrected chi connectivity index (χ2v) is 9.02. The zero-order chi connectivity index (χ0) is 23.3. The van der Waals surface area contributed by atoms with Crippen molar-refractivity contribution in [2.24, 2.45) is 0 Å². The topological polar surface area (TPSA) is 110 Å². The largest absolute Gasteiger partial charge is 0.324 e. The Hall–Kier alpha value is -3.72. The highest BCUT2D eigenvalue weighted by Crippen LogP contribution is 2.28. The van der Waals surface area contributed by atoms with Crippen LogP contribution in [-0.4, -0.2) is 25.8 Å². The Labute approximate surface area is 186 Å². The van der Waals surface area contributed by atoms with Crippen LogP contribution >= 0.6 is 0 Å². The van der Waals surface area contributed by atoms with Gasteiger partial charge in [0.05, 0.1) is 15.5 Å². The average molecular weight is 454 g/mol. The maximum atomic E-state index is 13.5. The van der Waals surface area contributed by atoms with E-state index in [1.54, 1.807) is 24.3 Å². The van der Waals surface area contributed by atoms with Gasteiger partial charge in [0.2, 0.25) is 5.91 Å². The van der Waals surface area contributed by atoms with Gasteiger partial charge in [0.25, 0.3) is 15.7 Å². The highest BCUT2D eigenvalue weighted by atomic mass is 32.2. The van der Waals surface area contributed by atoms with E-state index in [-0.39, 0.29) is 16.3 Å². The Morgan fingerprint density at radius 3 is 2.38 bits per heavy atom. The minimum atomic E-state index is -4.05. The second-order valence-electron chi connectivity index (χ2n) is 7.16. The van der Waals surface area contributed by atoms with Crippen LogP contribution in [0.15, 0.2) is 77.7 Å². The monoisotopic (exact) mass is 453 g/mol. The quantitative estimate of drug-likeness (QED) is 0.404. The fourth-order valence-electron chi connectivity index (χ4n) is 3.22. The molecule has 0 atom stereocenters. The molecule has 0 bridgehead atoms. The van der Waals surface area contributed by atoms with Crippen molar-refractivity contribution in [1.29, 1.82) is 0 Å². The van der Waals surface area contributed by atoms with E-state index in [1.165, 1.54) is 36.4 Å². The molecule has 0 saturated heterocycles. The summed E-state index contributed by atoms with van der Waals surface area (Å²) < 4.78 is 28.1. The van der Waals surface area contributed by atoms with Gasteiger partial charge in [0.1, 0.15) is 6.54 Å². The fourth-order valence-corrected chi connectivity index (χ4v) is 4.68. The molecule has 0 aliphatic heterocycles. The van der Waals surface area contributed by atoms with Gasteiger partial charge in [0.15, 0.2) is 0 Å². The lowest BCUT2D eigenvalue weighted by Crippen LogP contribution is -2.38. The molecule has 3 rings (SSSR count). The molecule has 0 heterocycles. The number of nitro groups is 1. The number of rotatable bonds is 8. The Morgan fingerprint density at radius 2 is 1.72 bits per heavy atom. The molecule has 0 aliphatic rings. The summed E-state index contributed by atoms with van der Waals surface area (Å²) in [5.41, 5.74) is 2.12. The van der Waals surface area contributed by atoms with Crippen LogP contribution in [0.4, 0.5) is 17.1 Å². The smallest absolute Gasteiger partial charge is 0.271 e. The standard InChI is InChI=1S/C23H23N3O5S/c1-3-18-7-4-5-10-22(18)25(32(30,31)21-13-11-17(2)12-14-21)16-23(27)24-19-8-6-9-20(15-19)26(28)29/h4-15H,3,16H2,1-2H3,(H,24,27). The molecule has 0 saturated carbocycles. The van der Waals surface area contributed by atoms with E-state index < -0.39 is 27.4 Å². The van der Waals surface area contributed by atoms with E-state index in [4.69, 9.17) is 0 Å². The molecule has 0 fully saturated rings. The summed E-state index contributed by atoms with van der Waals surface area (Å²) in [5, 5.41) is 13.5. The molecular formula is C23H23N3O5S. The van der Waals surface area contributed by atoms with E-state index in [0.29, 0.717) is 12.1 Å². The molecule has 0 unspecified atom stereocenters. The number of sulfonamides is 1. The van der Waals surface area contributed by atoms with Crippen molar-refractivity contribution in [3.8, 4) is 0 Å². The average Bonchev–Trinajstić information content (AvgIpc) is 2.78. The lowest BCUT2D eigenvalue weighted by Gasteiger charge is -2.26. The number of hydrogen-bond donors (Lipinski definition) is 1. The Morgan fingerprint density at radius 1 is 1.03 bits per heavy atom. The van der Waals surface area contributed by atoms with Gasteiger partial charge in [-0.2, -0.15) is 0 Å². The van der Waals surface area contributed by atoms with Crippen LogP contribution in [0.2, 0.25) is 0 Å². The maximum Gasteiger partial charge on any atom is 0.271 e. The van der Waals surface area contributed by atoms with Crippen molar-refractivity contribution >= 4 is 33.0 Å². The molecule has 1 amide bonds. The fraction of sp³-hybridized carbons (Fsp3) is 0.174. The number of carbonyl (C=O) groups is 1. The first kappa shape index (κ1) is 23.0. The SMILES string of the molecule is CCc1ccccc1N(CC(=O)Nc1cccc([N+](=O)[O-])c1)S(=O)(=O)c1ccc(C)cc1. The first-order valence-electron chi connectivity index (χ1n) is 9.94. The van der Waals surface area contributed by atoms with Gasteiger partial charge in [-0.3, -0.25) is 19.2 Å². The summed E-state index contributed by atoms with van der Waals surface area (Å²) in [5.74, 6) is -0.618. The highest BCUT2D eigenvalue weighted by Gasteiger charge is 2.28. The van der Waals surface area contributed by atoms with Crippen LogP contribution in [0, 0.1) is 17.0 Å². The van der Waals surface area contributed by atoms with E-state index in [1.807, 2.05) is 26.0 Å². The zero-order valence-corrected chi connectivity index (χ0v) is 18.5. The number of non-ortho nitro benzene ring substituents is 1. The van der Waals surface area contributed by atoms with Crippen molar-refractivity contribution in [1.82, 2.24) is 0 Å². The maximum absolute atomic E-state index is 13.5. The Kier molecular flexibility index (Phi) is 6.89. The number of aryl methyl sites for hydroxylation is 2. The van der Waals surface area contributed by atoms with Gasteiger partial charge in [-0.15, -0.1) is 0 Å². The van der Waals surface area contributed by atoms with Crippen molar-refractivity contribution in [3.05, 3.63) is 94.0 Å². The predicted octanol–water partition coefficient (Wildman–Crippen LogP) is 4.30. The number of benzene rings is 3. The third-order valence-corrected chi connectivity index (χ3v) is 6.65. The molecular weight excluding hydrogens is 430 g/mol. The molecule has 8 nitrogen and oxygen atoms in total. The normalized spacial score (nSPS) is 11.1. The van der Waals surface area contributed by atoms with Crippen LogP contribution in [0.5, 0.6) is 0 Å². The van der Waals surface area contributed by atoms with Gasteiger partial charge in [-0.1, -0.05) is 48.9 Å². The van der Waals surface area contributed by atoms with Crippen LogP contribution in [0.3, 0.4) is 0 Å². The minimum Gasteiger partial charge on any atom is -0.324 e. The van der Waals surface area contributed by atoms with Crippen LogP contribution in [0.1, 0.15) is 18.1 Å². The number of anilines is 2. The molecule has 32 heavy (non-hydrogen) atoms. The first-order valence-corrected chi connectivity index (χ1v) is 11.4. The number of hydrogen-bond acceptors (Lipinski definition) is 5. The molecule has 1 N–H and O–H groups in total. The summed E-state index contributed by atoms with van der Waals surface area (Å²) in [6.07, 6.45) is 0.572. The number of para-hydroxylation sites is 1. The van der Waals surface area contributed by atoms with Crippen LogP contribution < -0.4 is 9.62 Å². The van der Waals surface area contributed by atoms with Crippen LogP contribution in [-0.2, 0) is 21.2 Å². The van der Waals surface area contributed by atoms with E-state index in [2.05, 4.69) is 5.32 Å². The van der Waals surface area contributed by atoms with Gasteiger partial charge in [-0.25, -0.2) is 8.42 Å². The molecule has 0 aliphatic carbocycles. The van der Waals surface area contributed by atoms with Gasteiger partial charge in [0, 0.05) is 17.8 Å². The number of nitro benzene ring substituents is 1. The number of nitrogens with zero attached hydrogens (tertiary/aromatic N) is 2. The summed E-state index contributed by atoms with van der Waals surface area (Å²) in [6, 6.07) is 18.9. The number of amides is 1. The van der Waals surface area contributed by atoms with Crippen molar-refractivity contribution in [3.63, 3.8) is 0 Å². The molecule has 166 valence electrons. The van der Waals surface area contributed by atoms with E-state index in [0.717, 1.165) is 15.4 Å². The third kappa shape index (κ3) is 5.12. The lowest BCUT2D eigenvalue weighted by molar-refractivity contribution is -0.384. The molecule has 0 spiro atoms. The summed E-state index contributed by atoms with van der Waals surface area (Å²) in [6.45, 7) is 3.27. The van der Waals surface area contributed by atoms with Crippen molar-refractivity contribution in [2.45, 2.75) is 25.2 Å². The molecule has 0 aromatic heterocycles. The van der Waals surface area contributed by atoms with Crippen molar-refractivity contribution in [2.75, 3.05) is 16.2 Å². The van der Waals surface area contributed by atoms with E-state index >= 15 is 0 Å². The lowest BCUT2D eigenvalue weighted by atomic mass is 10.1. The Bertz CT molecular complexity index is 1240. The van der Waals surface area contributed by atoms with E-state index in [9.17, 15) is 23.3 Å². The highest BCUT2D eigenvalue weighted by molar-refractivity contribution is 7.92. The zero-order valence-electron chi connectivity index (χ0n) is 17.7. The predicted molar refractivity (Wildman–Crippen MR) is 123 cm³/mol. The van der Waals surface area contributed by atoms with Crippen LogP contribution in [0.25, 0.3) is 0 Å².